The lowest BCUT2D eigenvalue weighted by Crippen LogP contribution is -2.13. The molecule has 116 valence electrons. The van der Waals surface area contributed by atoms with Crippen LogP contribution >= 0.6 is 23.1 Å². The van der Waals surface area contributed by atoms with Crippen LogP contribution in [0.5, 0.6) is 5.75 Å². The summed E-state index contributed by atoms with van der Waals surface area (Å²) in [6.45, 7) is 0. The summed E-state index contributed by atoms with van der Waals surface area (Å²) in [6, 6.07) is 5.61. The molecule has 0 saturated carbocycles. The zero-order chi connectivity index (χ0) is 15.5. The first-order valence-electron chi connectivity index (χ1n) is 7.23. The van der Waals surface area contributed by atoms with E-state index < -0.39 is 0 Å². The zero-order valence-corrected chi connectivity index (χ0v) is 14.3. The summed E-state index contributed by atoms with van der Waals surface area (Å²) in [5.74, 6) is 0.418. The Kier molecular flexibility index (Phi) is 4.69. The monoisotopic (exact) mass is 334 g/mol. The fraction of sp³-hybridized carbons (Fsp3) is 0.375. The number of carbonyl (C=O) groups is 1. The summed E-state index contributed by atoms with van der Waals surface area (Å²) in [5.41, 5.74) is 1.68. The van der Waals surface area contributed by atoms with Crippen LogP contribution in [0.1, 0.15) is 33.8 Å². The molecule has 0 saturated heterocycles. The highest BCUT2D eigenvalue weighted by Gasteiger charge is 2.18. The number of thiazole rings is 1. The van der Waals surface area contributed by atoms with Crippen LogP contribution in [0, 0.1) is 0 Å². The number of hydrogen-bond donors (Lipinski definition) is 1. The van der Waals surface area contributed by atoms with Gasteiger partial charge in [-0.15, -0.1) is 23.1 Å². The molecule has 1 aliphatic carbocycles. The van der Waals surface area contributed by atoms with Gasteiger partial charge >= 0.3 is 0 Å². The van der Waals surface area contributed by atoms with Crippen LogP contribution in [0.25, 0.3) is 0 Å². The average molecular weight is 334 g/mol. The molecule has 1 amide bonds. The molecule has 0 fully saturated rings. The first-order chi connectivity index (χ1) is 10.7. The quantitative estimate of drug-likeness (QED) is 0.859. The van der Waals surface area contributed by atoms with Gasteiger partial charge in [-0.3, -0.25) is 10.1 Å². The molecule has 3 rings (SSSR count). The number of aryl methyl sites for hydroxylation is 2. The Bertz CT molecular complexity index is 674. The second-order valence-electron chi connectivity index (χ2n) is 5.12. The summed E-state index contributed by atoms with van der Waals surface area (Å²) in [4.78, 5) is 19.4. The van der Waals surface area contributed by atoms with Crippen LogP contribution in [0.4, 0.5) is 5.13 Å². The van der Waals surface area contributed by atoms with E-state index >= 15 is 0 Å². The number of fused-ring (bicyclic) bond motifs is 1. The number of ether oxygens (including phenoxy) is 1. The van der Waals surface area contributed by atoms with Crippen molar-refractivity contribution < 1.29 is 9.53 Å². The van der Waals surface area contributed by atoms with E-state index in [0.29, 0.717) is 16.4 Å². The van der Waals surface area contributed by atoms with Crippen molar-refractivity contribution in [2.75, 3.05) is 18.7 Å². The third-order valence-electron chi connectivity index (χ3n) is 3.72. The second-order valence-corrected chi connectivity index (χ2v) is 7.08. The van der Waals surface area contributed by atoms with E-state index in [1.807, 2.05) is 18.4 Å². The van der Waals surface area contributed by atoms with E-state index in [4.69, 9.17) is 4.74 Å². The Morgan fingerprint density at radius 2 is 2.18 bits per heavy atom. The van der Waals surface area contributed by atoms with Crippen molar-refractivity contribution in [3.05, 3.63) is 34.3 Å². The van der Waals surface area contributed by atoms with Crippen molar-refractivity contribution >= 4 is 34.1 Å². The number of methoxy groups -OCH3 is 1. The van der Waals surface area contributed by atoms with Gasteiger partial charge in [-0.1, -0.05) is 0 Å². The molecule has 4 nitrogen and oxygen atoms in total. The van der Waals surface area contributed by atoms with Gasteiger partial charge in [0.05, 0.1) is 18.4 Å². The van der Waals surface area contributed by atoms with Crippen molar-refractivity contribution in [1.82, 2.24) is 4.98 Å². The molecule has 0 unspecified atom stereocenters. The van der Waals surface area contributed by atoms with E-state index in [-0.39, 0.29) is 5.91 Å². The Hall–Kier alpha value is -1.53. The first-order valence-corrected chi connectivity index (χ1v) is 9.27. The Balaban J connectivity index is 1.81. The SMILES string of the molecule is COc1cc(SC)ccc1C(=O)Nc1nc2c(s1)CCCC2. The number of aromatic nitrogens is 1. The second kappa shape index (κ2) is 6.71. The average Bonchev–Trinajstić information content (AvgIpc) is 2.96. The molecule has 0 bridgehead atoms. The summed E-state index contributed by atoms with van der Waals surface area (Å²) in [7, 11) is 1.58. The van der Waals surface area contributed by atoms with Crippen LogP contribution in [-0.4, -0.2) is 24.3 Å². The first kappa shape index (κ1) is 15.4. The number of anilines is 1. The number of rotatable bonds is 4. The number of thioether (sulfide) groups is 1. The Morgan fingerprint density at radius 3 is 2.91 bits per heavy atom. The van der Waals surface area contributed by atoms with Gasteiger partial charge in [0, 0.05) is 9.77 Å². The summed E-state index contributed by atoms with van der Waals surface area (Å²) in [5, 5.41) is 3.60. The predicted octanol–water partition coefficient (Wildman–Crippen LogP) is 4.00. The summed E-state index contributed by atoms with van der Waals surface area (Å²) in [6.07, 6.45) is 6.50. The molecule has 1 aromatic carbocycles. The molecule has 22 heavy (non-hydrogen) atoms. The maximum atomic E-state index is 12.5. The molecule has 2 aromatic rings. The molecule has 1 aromatic heterocycles. The molecule has 1 heterocycles. The normalized spacial score (nSPS) is 13.5. The van der Waals surface area contributed by atoms with Crippen molar-refractivity contribution in [3.8, 4) is 5.75 Å². The molecule has 0 spiro atoms. The van der Waals surface area contributed by atoms with E-state index in [1.165, 1.54) is 17.7 Å². The Labute approximate surface area is 138 Å². The summed E-state index contributed by atoms with van der Waals surface area (Å²) < 4.78 is 5.34. The molecule has 1 N–H and O–H groups in total. The lowest BCUT2D eigenvalue weighted by molar-refractivity contribution is 0.102. The van der Waals surface area contributed by atoms with Crippen LogP contribution in [-0.2, 0) is 12.8 Å². The van der Waals surface area contributed by atoms with Crippen LogP contribution in [0.3, 0.4) is 0 Å². The highest BCUT2D eigenvalue weighted by atomic mass is 32.2. The molecule has 1 aliphatic rings. The van der Waals surface area contributed by atoms with Crippen molar-refractivity contribution in [1.29, 1.82) is 0 Å². The van der Waals surface area contributed by atoms with Gasteiger partial charge in [0.1, 0.15) is 5.75 Å². The van der Waals surface area contributed by atoms with Crippen molar-refractivity contribution in [2.24, 2.45) is 0 Å². The number of amides is 1. The smallest absolute Gasteiger partial charge is 0.261 e. The standard InChI is InChI=1S/C16H18N2O2S2/c1-20-13-9-10(21-2)7-8-11(13)15(19)18-16-17-12-5-3-4-6-14(12)22-16/h7-9H,3-6H2,1-2H3,(H,17,18,19). The molecule has 0 aliphatic heterocycles. The van der Waals surface area contributed by atoms with Gasteiger partial charge in [0.2, 0.25) is 0 Å². The van der Waals surface area contributed by atoms with Crippen LogP contribution in [0.2, 0.25) is 0 Å². The molecule has 0 atom stereocenters. The van der Waals surface area contributed by atoms with Gasteiger partial charge in [0.15, 0.2) is 5.13 Å². The minimum Gasteiger partial charge on any atom is -0.496 e. The molecule has 6 heteroatoms. The van der Waals surface area contributed by atoms with Gasteiger partial charge < -0.3 is 4.74 Å². The lowest BCUT2D eigenvalue weighted by Gasteiger charge is -2.09. The fourth-order valence-electron chi connectivity index (χ4n) is 2.56. The number of benzene rings is 1. The van der Waals surface area contributed by atoms with Crippen LogP contribution in [0.15, 0.2) is 23.1 Å². The fourth-order valence-corrected chi connectivity index (χ4v) is 4.03. The maximum Gasteiger partial charge on any atom is 0.261 e. The van der Waals surface area contributed by atoms with E-state index in [2.05, 4.69) is 10.3 Å². The molecular weight excluding hydrogens is 316 g/mol. The van der Waals surface area contributed by atoms with Crippen LogP contribution < -0.4 is 10.1 Å². The zero-order valence-electron chi connectivity index (χ0n) is 12.6. The Morgan fingerprint density at radius 1 is 1.36 bits per heavy atom. The number of carbonyl (C=O) groups excluding carboxylic acids is 1. The third kappa shape index (κ3) is 3.13. The third-order valence-corrected chi connectivity index (χ3v) is 5.52. The van der Waals surface area contributed by atoms with Crippen molar-refractivity contribution in [2.45, 2.75) is 30.6 Å². The molecular formula is C16H18N2O2S2. The molecule has 0 radical (unpaired) electrons. The number of nitrogens with one attached hydrogen (secondary N) is 1. The number of nitrogens with zero attached hydrogens (tertiary/aromatic N) is 1. The van der Waals surface area contributed by atoms with Gasteiger partial charge in [0.25, 0.3) is 5.91 Å². The van der Waals surface area contributed by atoms with E-state index in [9.17, 15) is 4.79 Å². The largest absolute Gasteiger partial charge is 0.496 e. The minimum absolute atomic E-state index is 0.171. The van der Waals surface area contributed by atoms with E-state index in [0.717, 1.165) is 23.4 Å². The number of hydrogen-bond acceptors (Lipinski definition) is 5. The van der Waals surface area contributed by atoms with Crippen molar-refractivity contribution in [3.63, 3.8) is 0 Å². The minimum atomic E-state index is -0.171. The van der Waals surface area contributed by atoms with E-state index in [1.54, 1.807) is 36.3 Å². The topological polar surface area (TPSA) is 51.2 Å². The van der Waals surface area contributed by atoms with Gasteiger partial charge in [-0.25, -0.2) is 4.98 Å². The maximum absolute atomic E-state index is 12.5. The van der Waals surface area contributed by atoms with Gasteiger partial charge in [-0.05, 0) is 50.1 Å². The predicted molar refractivity (Wildman–Crippen MR) is 91.5 cm³/mol. The highest BCUT2D eigenvalue weighted by molar-refractivity contribution is 7.98. The van der Waals surface area contributed by atoms with Gasteiger partial charge in [-0.2, -0.15) is 0 Å². The lowest BCUT2D eigenvalue weighted by atomic mass is 10.0. The highest BCUT2D eigenvalue weighted by Crippen LogP contribution is 2.31. The summed E-state index contributed by atoms with van der Waals surface area (Å²) >= 11 is 3.21.